The zero-order chi connectivity index (χ0) is 15.3. The number of nitrogens with one attached hydrogen (secondary N) is 1. The molecule has 6 nitrogen and oxygen atoms in total. The number of carbonyl (C=O) groups excluding carboxylic acids is 1. The second-order valence-electron chi connectivity index (χ2n) is 4.88. The van der Waals surface area contributed by atoms with Crippen molar-refractivity contribution >= 4 is 17.8 Å². The van der Waals surface area contributed by atoms with Crippen LogP contribution in [-0.4, -0.2) is 34.1 Å². The molecule has 108 valence electrons. The number of carboxylic acid groups (broad SMARTS) is 2. The van der Waals surface area contributed by atoms with Crippen LogP contribution in [0.15, 0.2) is 24.3 Å². The Kier molecular flexibility index (Phi) is 5.25. The first kappa shape index (κ1) is 15.7. The maximum absolute atomic E-state index is 11.9. The molecule has 6 heteroatoms. The number of benzene rings is 1. The van der Waals surface area contributed by atoms with Gasteiger partial charge in [0, 0.05) is 5.56 Å². The SMILES string of the molecule is CC(C)C[C@@H](NC(=O)c1ccc(C(=O)O)cc1)C(=O)O. The van der Waals surface area contributed by atoms with E-state index in [1.54, 1.807) is 0 Å². The van der Waals surface area contributed by atoms with Gasteiger partial charge in [0.05, 0.1) is 5.56 Å². The van der Waals surface area contributed by atoms with E-state index < -0.39 is 23.9 Å². The van der Waals surface area contributed by atoms with Crippen LogP contribution in [0.25, 0.3) is 0 Å². The average Bonchev–Trinajstić information content (AvgIpc) is 2.37. The molecule has 0 aliphatic carbocycles. The van der Waals surface area contributed by atoms with Gasteiger partial charge >= 0.3 is 11.9 Å². The van der Waals surface area contributed by atoms with Gasteiger partial charge in [-0.3, -0.25) is 4.79 Å². The van der Waals surface area contributed by atoms with E-state index >= 15 is 0 Å². The maximum atomic E-state index is 11.9. The lowest BCUT2D eigenvalue weighted by molar-refractivity contribution is -0.139. The van der Waals surface area contributed by atoms with E-state index in [-0.39, 0.29) is 17.0 Å². The van der Waals surface area contributed by atoms with E-state index in [0.29, 0.717) is 6.42 Å². The minimum Gasteiger partial charge on any atom is -0.480 e. The summed E-state index contributed by atoms with van der Waals surface area (Å²) in [7, 11) is 0. The van der Waals surface area contributed by atoms with Gasteiger partial charge in [-0.2, -0.15) is 0 Å². The molecule has 0 spiro atoms. The molecule has 1 atom stereocenters. The van der Waals surface area contributed by atoms with Crippen molar-refractivity contribution in [3.8, 4) is 0 Å². The lowest BCUT2D eigenvalue weighted by Gasteiger charge is -2.16. The van der Waals surface area contributed by atoms with Crippen LogP contribution >= 0.6 is 0 Å². The Hall–Kier alpha value is -2.37. The molecular formula is C14H17NO5. The monoisotopic (exact) mass is 279 g/mol. The van der Waals surface area contributed by atoms with Crippen LogP contribution in [0.4, 0.5) is 0 Å². The molecule has 1 aromatic carbocycles. The maximum Gasteiger partial charge on any atom is 0.335 e. The van der Waals surface area contributed by atoms with E-state index in [0.717, 1.165) is 0 Å². The molecule has 0 fully saturated rings. The number of amides is 1. The third-order valence-corrected chi connectivity index (χ3v) is 2.70. The Morgan fingerprint density at radius 3 is 1.95 bits per heavy atom. The second-order valence-corrected chi connectivity index (χ2v) is 4.88. The van der Waals surface area contributed by atoms with Crippen molar-refractivity contribution in [2.45, 2.75) is 26.3 Å². The van der Waals surface area contributed by atoms with Crippen molar-refractivity contribution in [3.05, 3.63) is 35.4 Å². The molecule has 1 rings (SSSR count). The topological polar surface area (TPSA) is 104 Å². The number of carboxylic acids is 2. The van der Waals surface area contributed by atoms with E-state index in [1.165, 1.54) is 24.3 Å². The molecule has 1 aromatic rings. The first-order chi connectivity index (χ1) is 9.31. The predicted octanol–water partition coefficient (Wildman–Crippen LogP) is 1.61. The molecule has 0 aromatic heterocycles. The van der Waals surface area contributed by atoms with Gasteiger partial charge in [0.2, 0.25) is 0 Å². The third kappa shape index (κ3) is 4.38. The van der Waals surface area contributed by atoms with E-state index in [4.69, 9.17) is 10.2 Å². The fraction of sp³-hybridized carbons (Fsp3) is 0.357. The number of rotatable bonds is 6. The number of aromatic carboxylic acids is 1. The van der Waals surface area contributed by atoms with Gasteiger partial charge in [-0.25, -0.2) is 9.59 Å². The van der Waals surface area contributed by atoms with Gasteiger partial charge in [-0.1, -0.05) is 13.8 Å². The molecule has 0 aliphatic heterocycles. The Balaban J connectivity index is 2.78. The van der Waals surface area contributed by atoms with Crippen LogP contribution in [-0.2, 0) is 4.79 Å². The summed E-state index contributed by atoms with van der Waals surface area (Å²) in [4.78, 5) is 33.6. The molecule has 0 unspecified atom stereocenters. The summed E-state index contributed by atoms with van der Waals surface area (Å²) in [6.45, 7) is 3.73. The van der Waals surface area contributed by atoms with E-state index in [9.17, 15) is 14.4 Å². The molecule has 0 saturated carbocycles. The van der Waals surface area contributed by atoms with Gasteiger partial charge in [-0.05, 0) is 36.6 Å². The average molecular weight is 279 g/mol. The fourth-order valence-electron chi connectivity index (χ4n) is 1.70. The van der Waals surface area contributed by atoms with E-state index in [2.05, 4.69) is 5.32 Å². The summed E-state index contributed by atoms with van der Waals surface area (Å²) in [5, 5.41) is 20.2. The van der Waals surface area contributed by atoms with Gasteiger partial charge < -0.3 is 15.5 Å². The molecule has 0 saturated heterocycles. The normalized spacial score (nSPS) is 11.9. The standard InChI is InChI=1S/C14H17NO5/c1-8(2)7-11(14(19)20)15-12(16)9-3-5-10(6-4-9)13(17)18/h3-6,8,11H,7H2,1-2H3,(H,15,16)(H,17,18)(H,19,20)/t11-/m1/s1. The van der Waals surface area contributed by atoms with Gasteiger partial charge in [-0.15, -0.1) is 0 Å². The summed E-state index contributed by atoms with van der Waals surface area (Å²) >= 11 is 0. The third-order valence-electron chi connectivity index (χ3n) is 2.70. The Labute approximate surface area is 116 Å². The summed E-state index contributed by atoms with van der Waals surface area (Å²) in [6.07, 6.45) is 0.328. The Morgan fingerprint density at radius 2 is 1.55 bits per heavy atom. The van der Waals surface area contributed by atoms with Crippen molar-refractivity contribution < 1.29 is 24.6 Å². The smallest absolute Gasteiger partial charge is 0.335 e. The summed E-state index contributed by atoms with van der Waals surface area (Å²) < 4.78 is 0. The number of hydrogen-bond donors (Lipinski definition) is 3. The molecule has 3 N–H and O–H groups in total. The van der Waals surface area contributed by atoms with Gasteiger partial charge in [0.25, 0.3) is 5.91 Å². The molecule has 0 aliphatic rings. The van der Waals surface area contributed by atoms with Gasteiger partial charge in [0.1, 0.15) is 6.04 Å². The number of aliphatic carboxylic acids is 1. The molecular weight excluding hydrogens is 262 g/mol. The quantitative estimate of drug-likeness (QED) is 0.734. The lowest BCUT2D eigenvalue weighted by Crippen LogP contribution is -2.41. The zero-order valence-electron chi connectivity index (χ0n) is 11.3. The van der Waals surface area contributed by atoms with Gasteiger partial charge in [0.15, 0.2) is 0 Å². The van der Waals surface area contributed by atoms with Crippen molar-refractivity contribution in [2.75, 3.05) is 0 Å². The molecule has 1 amide bonds. The fourth-order valence-corrected chi connectivity index (χ4v) is 1.70. The molecule has 0 radical (unpaired) electrons. The molecule has 0 bridgehead atoms. The lowest BCUT2D eigenvalue weighted by atomic mass is 10.0. The first-order valence-electron chi connectivity index (χ1n) is 6.18. The second kappa shape index (κ2) is 6.70. The highest BCUT2D eigenvalue weighted by atomic mass is 16.4. The summed E-state index contributed by atoms with van der Waals surface area (Å²) in [6, 6.07) is 4.35. The molecule has 20 heavy (non-hydrogen) atoms. The van der Waals surface area contributed by atoms with Crippen LogP contribution in [0.5, 0.6) is 0 Å². The van der Waals surface area contributed by atoms with Crippen LogP contribution < -0.4 is 5.32 Å². The number of carbonyl (C=O) groups is 3. The molecule has 0 heterocycles. The Morgan fingerprint density at radius 1 is 1.05 bits per heavy atom. The highest BCUT2D eigenvalue weighted by molar-refractivity contribution is 5.97. The first-order valence-corrected chi connectivity index (χ1v) is 6.18. The minimum atomic E-state index is -1.09. The highest BCUT2D eigenvalue weighted by Crippen LogP contribution is 2.08. The number of hydrogen-bond acceptors (Lipinski definition) is 3. The van der Waals surface area contributed by atoms with Crippen molar-refractivity contribution in [1.82, 2.24) is 5.32 Å². The van der Waals surface area contributed by atoms with Crippen LogP contribution in [0.2, 0.25) is 0 Å². The Bertz CT molecular complexity index is 507. The van der Waals surface area contributed by atoms with Crippen molar-refractivity contribution in [3.63, 3.8) is 0 Å². The summed E-state index contributed by atoms with van der Waals surface area (Å²) in [5.74, 6) is -2.57. The largest absolute Gasteiger partial charge is 0.480 e. The predicted molar refractivity (Wildman–Crippen MR) is 71.7 cm³/mol. The van der Waals surface area contributed by atoms with Crippen LogP contribution in [0.1, 0.15) is 41.0 Å². The van der Waals surface area contributed by atoms with Crippen molar-refractivity contribution in [1.29, 1.82) is 0 Å². The summed E-state index contributed by atoms with van der Waals surface area (Å²) in [5.41, 5.74) is 0.295. The highest BCUT2D eigenvalue weighted by Gasteiger charge is 2.21. The van der Waals surface area contributed by atoms with Crippen LogP contribution in [0.3, 0.4) is 0 Å². The van der Waals surface area contributed by atoms with E-state index in [1.807, 2.05) is 13.8 Å². The van der Waals surface area contributed by atoms with Crippen molar-refractivity contribution in [2.24, 2.45) is 5.92 Å². The zero-order valence-corrected chi connectivity index (χ0v) is 11.3. The van der Waals surface area contributed by atoms with Crippen LogP contribution in [0, 0.1) is 5.92 Å². The minimum absolute atomic E-state index is 0.0681.